The quantitative estimate of drug-likeness (QED) is 0.882. The second-order valence-corrected chi connectivity index (χ2v) is 6.32. The SMILES string of the molecule is CN(Cc1cnn(C)c1)CC1NCCCC1(C)C. The first-order valence-corrected chi connectivity index (χ1v) is 6.87. The molecule has 4 heteroatoms. The molecule has 2 rings (SSSR count). The highest BCUT2D eigenvalue weighted by Gasteiger charge is 2.32. The lowest BCUT2D eigenvalue weighted by Gasteiger charge is -2.41. The van der Waals surface area contributed by atoms with Gasteiger partial charge in [0.25, 0.3) is 0 Å². The van der Waals surface area contributed by atoms with Gasteiger partial charge in [-0.05, 0) is 31.8 Å². The molecule has 1 unspecified atom stereocenters. The molecule has 1 aromatic rings. The summed E-state index contributed by atoms with van der Waals surface area (Å²) in [6.07, 6.45) is 6.67. The molecule has 1 aromatic heterocycles. The average molecular weight is 250 g/mol. The van der Waals surface area contributed by atoms with Gasteiger partial charge >= 0.3 is 0 Å². The molecule has 1 aliphatic rings. The van der Waals surface area contributed by atoms with Crippen molar-refractivity contribution in [1.82, 2.24) is 20.0 Å². The van der Waals surface area contributed by atoms with Crippen molar-refractivity contribution in [2.75, 3.05) is 20.1 Å². The molecule has 4 nitrogen and oxygen atoms in total. The Hall–Kier alpha value is -0.870. The highest BCUT2D eigenvalue weighted by Crippen LogP contribution is 2.30. The van der Waals surface area contributed by atoms with E-state index >= 15 is 0 Å². The van der Waals surface area contributed by atoms with Crippen LogP contribution in [0.2, 0.25) is 0 Å². The maximum Gasteiger partial charge on any atom is 0.0534 e. The van der Waals surface area contributed by atoms with Gasteiger partial charge in [-0.2, -0.15) is 5.10 Å². The van der Waals surface area contributed by atoms with Crippen LogP contribution >= 0.6 is 0 Å². The number of nitrogens with one attached hydrogen (secondary N) is 1. The Balaban J connectivity index is 1.88. The predicted octanol–water partition coefficient (Wildman–Crippen LogP) is 1.63. The molecule has 0 aromatic carbocycles. The third kappa shape index (κ3) is 3.33. The van der Waals surface area contributed by atoms with E-state index in [2.05, 4.69) is 42.4 Å². The van der Waals surface area contributed by atoms with Crippen molar-refractivity contribution in [3.63, 3.8) is 0 Å². The summed E-state index contributed by atoms with van der Waals surface area (Å²) in [7, 11) is 4.16. The van der Waals surface area contributed by atoms with Crippen LogP contribution in [0.15, 0.2) is 12.4 Å². The zero-order chi connectivity index (χ0) is 13.2. The van der Waals surface area contributed by atoms with E-state index in [1.807, 2.05) is 17.9 Å². The van der Waals surface area contributed by atoms with Crippen molar-refractivity contribution in [2.45, 2.75) is 39.3 Å². The highest BCUT2D eigenvalue weighted by molar-refractivity contribution is 5.03. The largest absolute Gasteiger partial charge is 0.312 e. The maximum atomic E-state index is 4.22. The number of hydrogen-bond acceptors (Lipinski definition) is 3. The molecular formula is C14H26N4. The van der Waals surface area contributed by atoms with Gasteiger partial charge in [0, 0.05) is 37.9 Å². The molecular weight excluding hydrogens is 224 g/mol. The van der Waals surface area contributed by atoms with Crippen molar-refractivity contribution in [2.24, 2.45) is 12.5 Å². The smallest absolute Gasteiger partial charge is 0.0534 e. The fourth-order valence-electron chi connectivity index (χ4n) is 2.82. The van der Waals surface area contributed by atoms with Crippen LogP contribution in [0, 0.1) is 5.41 Å². The Bertz CT molecular complexity index is 383. The molecule has 1 saturated heterocycles. The summed E-state index contributed by atoms with van der Waals surface area (Å²) in [5.74, 6) is 0. The van der Waals surface area contributed by atoms with Gasteiger partial charge in [-0.25, -0.2) is 0 Å². The molecule has 18 heavy (non-hydrogen) atoms. The summed E-state index contributed by atoms with van der Waals surface area (Å²) in [6.45, 7) is 7.99. The number of aromatic nitrogens is 2. The molecule has 0 radical (unpaired) electrons. The zero-order valence-electron chi connectivity index (χ0n) is 12.1. The van der Waals surface area contributed by atoms with Gasteiger partial charge in [-0.3, -0.25) is 4.68 Å². The van der Waals surface area contributed by atoms with Crippen LogP contribution in [0.25, 0.3) is 0 Å². The summed E-state index contributed by atoms with van der Waals surface area (Å²) >= 11 is 0. The van der Waals surface area contributed by atoms with Crippen LogP contribution in [0.1, 0.15) is 32.3 Å². The van der Waals surface area contributed by atoms with Gasteiger partial charge in [0.2, 0.25) is 0 Å². The predicted molar refractivity (Wildman–Crippen MR) is 74.3 cm³/mol. The van der Waals surface area contributed by atoms with E-state index in [4.69, 9.17) is 0 Å². The van der Waals surface area contributed by atoms with Crippen LogP contribution in [0.3, 0.4) is 0 Å². The minimum atomic E-state index is 0.404. The van der Waals surface area contributed by atoms with Crippen molar-refractivity contribution >= 4 is 0 Å². The van der Waals surface area contributed by atoms with Crippen molar-refractivity contribution in [1.29, 1.82) is 0 Å². The fourth-order valence-corrected chi connectivity index (χ4v) is 2.82. The van der Waals surface area contributed by atoms with Gasteiger partial charge in [-0.15, -0.1) is 0 Å². The van der Waals surface area contributed by atoms with Gasteiger partial charge in [0.1, 0.15) is 0 Å². The normalized spacial score (nSPS) is 23.5. The summed E-state index contributed by atoms with van der Waals surface area (Å²) in [6, 6.07) is 0.591. The molecule has 0 aliphatic carbocycles. The van der Waals surface area contributed by atoms with Crippen LogP contribution in [-0.4, -0.2) is 40.9 Å². The lowest BCUT2D eigenvalue weighted by Crippen LogP contribution is -2.52. The van der Waals surface area contributed by atoms with Crippen molar-refractivity contribution in [3.8, 4) is 0 Å². The molecule has 1 N–H and O–H groups in total. The van der Waals surface area contributed by atoms with Crippen molar-refractivity contribution in [3.05, 3.63) is 18.0 Å². The van der Waals surface area contributed by atoms with E-state index in [9.17, 15) is 0 Å². The van der Waals surface area contributed by atoms with Crippen molar-refractivity contribution < 1.29 is 0 Å². The maximum absolute atomic E-state index is 4.22. The van der Waals surface area contributed by atoms with Crippen LogP contribution in [0.4, 0.5) is 0 Å². The Kier molecular flexibility index (Phi) is 4.07. The Morgan fingerprint density at radius 1 is 1.56 bits per heavy atom. The second-order valence-electron chi connectivity index (χ2n) is 6.32. The minimum absolute atomic E-state index is 0.404. The number of piperidine rings is 1. The highest BCUT2D eigenvalue weighted by atomic mass is 15.2. The average Bonchev–Trinajstić information content (AvgIpc) is 2.67. The van der Waals surface area contributed by atoms with E-state index in [1.54, 1.807) is 0 Å². The van der Waals surface area contributed by atoms with Crippen LogP contribution in [-0.2, 0) is 13.6 Å². The zero-order valence-corrected chi connectivity index (χ0v) is 12.1. The molecule has 0 saturated carbocycles. The summed E-state index contributed by atoms with van der Waals surface area (Å²) in [5.41, 5.74) is 1.69. The molecule has 0 amide bonds. The van der Waals surface area contributed by atoms with Gasteiger partial charge in [-0.1, -0.05) is 13.8 Å². The van der Waals surface area contributed by atoms with E-state index < -0.39 is 0 Å². The van der Waals surface area contributed by atoms with Gasteiger partial charge in [0.15, 0.2) is 0 Å². The number of likely N-dealkylation sites (N-methyl/N-ethyl adjacent to an activating group) is 1. The summed E-state index contributed by atoms with van der Waals surface area (Å²) in [5, 5.41) is 7.89. The summed E-state index contributed by atoms with van der Waals surface area (Å²) in [4.78, 5) is 2.39. The van der Waals surface area contributed by atoms with Crippen LogP contribution < -0.4 is 5.32 Å². The van der Waals surface area contributed by atoms with E-state index in [1.165, 1.54) is 18.4 Å². The van der Waals surface area contributed by atoms with E-state index in [0.717, 1.165) is 19.6 Å². The molecule has 1 fully saturated rings. The van der Waals surface area contributed by atoms with E-state index in [-0.39, 0.29) is 0 Å². The monoisotopic (exact) mass is 250 g/mol. The van der Waals surface area contributed by atoms with Crippen LogP contribution in [0.5, 0.6) is 0 Å². The standard InChI is InChI=1S/C14H26N4/c1-14(2)6-5-7-15-13(14)11-17(3)9-12-8-16-18(4)10-12/h8,10,13,15H,5-7,9,11H2,1-4H3. The van der Waals surface area contributed by atoms with E-state index in [0.29, 0.717) is 11.5 Å². The Morgan fingerprint density at radius 2 is 2.33 bits per heavy atom. The molecule has 0 spiro atoms. The Labute approximate surface area is 110 Å². The lowest BCUT2D eigenvalue weighted by molar-refractivity contribution is 0.136. The van der Waals surface area contributed by atoms with Gasteiger partial charge in [0.05, 0.1) is 6.20 Å². The second kappa shape index (κ2) is 5.41. The molecule has 2 heterocycles. The summed E-state index contributed by atoms with van der Waals surface area (Å²) < 4.78 is 1.87. The molecule has 1 atom stereocenters. The number of hydrogen-bond donors (Lipinski definition) is 1. The Morgan fingerprint density at radius 3 is 2.94 bits per heavy atom. The molecule has 1 aliphatic heterocycles. The third-order valence-electron chi connectivity index (χ3n) is 4.04. The minimum Gasteiger partial charge on any atom is -0.312 e. The molecule has 102 valence electrons. The van der Waals surface area contributed by atoms with Gasteiger partial charge < -0.3 is 10.2 Å². The number of nitrogens with zero attached hydrogens (tertiary/aromatic N) is 3. The lowest BCUT2D eigenvalue weighted by atomic mass is 9.77. The topological polar surface area (TPSA) is 33.1 Å². The first-order chi connectivity index (χ1) is 8.47. The molecule has 0 bridgehead atoms. The first kappa shape index (κ1) is 13.6. The number of rotatable bonds is 4. The fraction of sp³-hybridized carbons (Fsp3) is 0.786. The number of aryl methyl sites for hydroxylation is 1. The first-order valence-electron chi connectivity index (χ1n) is 6.87. The third-order valence-corrected chi connectivity index (χ3v) is 4.04.